The van der Waals surface area contributed by atoms with Crippen LogP contribution in [0.5, 0.6) is 5.88 Å². The van der Waals surface area contributed by atoms with E-state index in [4.69, 9.17) is 4.74 Å². The van der Waals surface area contributed by atoms with Gasteiger partial charge >= 0.3 is 6.18 Å². The standard InChI is InChI=1S/C15H18F3N5OS.HI/c1-10-8-22-12(25-10)9-23-14(19-2)21-6-7-24-13-11(15(16,17)18)4-3-5-20-13;/h3-5,8H,6-7,9H2,1-2H3,(H2,19,21,23);1H. The van der Waals surface area contributed by atoms with Crippen molar-refractivity contribution < 1.29 is 17.9 Å². The van der Waals surface area contributed by atoms with E-state index in [9.17, 15) is 13.2 Å². The summed E-state index contributed by atoms with van der Waals surface area (Å²) in [6.07, 6.45) is -1.45. The Morgan fingerprint density at radius 2 is 2.08 bits per heavy atom. The molecule has 0 aliphatic carbocycles. The molecular formula is C15H19F3IN5OS. The first-order valence-corrected chi connectivity index (χ1v) is 8.22. The van der Waals surface area contributed by atoms with Crippen LogP contribution in [0.4, 0.5) is 13.2 Å². The van der Waals surface area contributed by atoms with Crippen LogP contribution in [-0.2, 0) is 12.7 Å². The number of pyridine rings is 1. The highest BCUT2D eigenvalue weighted by Gasteiger charge is 2.34. The number of nitrogens with zero attached hydrogens (tertiary/aromatic N) is 3. The summed E-state index contributed by atoms with van der Waals surface area (Å²) < 4.78 is 43.6. The normalized spacial score (nSPS) is 11.7. The molecule has 0 saturated carbocycles. The van der Waals surface area contributed by atoms with Crippen LogP contribution in [0, 0.1) is 6.92 Å². The molecule has 2 aromatic heterocycles. The van der Waals surface area contributed by atoms with Gasteiger partial charge in [0.05, 0.1) is 13.1 Å². The van der Waals surface area contributed by atoms with Gasteiger partial charge in [0.1, 0.15) is 17.2 Å². The van der Waals surface area contributed by atoms with Crippen LogP contribution < -0.4 is 15.4 Å². The zero-order chi connectivity index (χ0) is 18.3. The lowest BCUT2D eigenvalue weighted by atomic mass is 10.2. The van der Waals surface area contributed by atoms with Gasteiger partial charge in [0, 0.05) is 24.3 Å². The van der Waals surface area contributed by atoms with Crippen LogP contribution in [0.3, 0.4) is 0 Å². The maximum atomic E-state index is 12.8. The molecule has 0 radical (unpaired) electrons. The van der Waals surface area contributed by atoms with Crippen molar-refractivity contribution in [3.05, 3.63) is 40.0 Å². The van der Waals surface area contributed by atoms with E-state index in [-0.39, 0.29) is 37.1 Å². The first-order chi connectivity index (χ1) is 11.9. The van der Waals surface area contributed by atoms with Gasteiger partial charge in [0.2, 0.25) is 5.88 Å². The number of guanidine groups is 1. The fourth-order valence-electron chi connectivity index (χ4n) is 1.90. The number of alkyl halides is 3. The molecule has 144 valence electrons. The minimum Gasteiger partial charge on any atom is -0.475 e. The number of thiazole rings is 1. The van der Waals surface area contributed by atoms with Crippen molar-refractivity contribution in [2.24, 2.45) is 4.99 Å². The number of nitrogens with one attached hydrogen (secondary N) is 2. The third-order valence-corrected chi connectivity index (χ3v) is 3.92. The second-order valence-electron chi connectivity index (χ2n) is 4.92. The molecule has 0 spiro atoms. The number of halogens is 4. The lowest BCUT2D eigenvalue weighted by Crippen LogP contribution is -2.38. The summed E-state index contributed by atoms with van der Waals surface area (Å²) in [5.74, 6) is 0.0755. The highest BCUT2D eigenvalue weighted by Crippen LogP contribution is 2.34. The summed E-state index contributed by atoms with van der Waals surface area (Å²) >= 11 is 1.57. The molecule has 0 saturated heterocycles. The number of hydrogen-bond donors (Lipinski definition) is 2. The van der Waals surface area contributed by atoms with Gasteiger partial charge in [0.15, 0.2) is 5.96 Å². The van der Waals surface area contributed by atoms with Gasteiger partial charge in [-0.3, -0.25) is 4.99 Å². The van der Waals surface area contributed by atoms with Gasteiger partial charge in [-0.05, 0) is 19.1 Å². The van der Waals surface area contributed by atoms with Crippen LogP contribution >= 0.6 is 35.3 Å². The lowest BCUT2D eigenvalue weighted by molar-refractivity contribution is -0.139. The molecule has 0 aliphatic heterocycles. The molecule has 2 rings (SSSR count). The number of aliphatic imine (C=N–C) groups is 1. The van der Waals surface area contributed by atoms with E-state index in [0.29, 0.717) is 12.5 Å². The van der Waals surface area contributed by atoms with Gasteiger partial charge < -0.3 is 15.4 Å². The Morgan fingerprint density at radius 1 is 1.31 bits per heavy atom. The molecular weight excluding hydrogens is 482 g/mol. The number of aryl methyl sites for hydroxylation is 1. The van der Waals surface area contributed by atoms with Crippen molar-refractivity contribution in [1.82, 2.24) is 20.6 Å². The first-order valence-electron chi connectivity index (χ1n) is 7.41. The molecule has 0 bridgehead atoms. The van der Waals surface area contributed by atoms with Gasteiger partial charge in [-0.25, -0.2) is 9.97 Å². The predicted octanol–water partition coefficient (Wildman–Crippen LogP) is 3.23. The Hall–Kier alpha value is -1.63. The minimum absolute atomic E-state index is 0. The molecule has 11 heteroatoms. The largest absolute Gasteiger partial charge is 0.475 e. The lowest BCUT2D eigenvalue weighted by Gasteiger charge is -2.14. The minimum atomic E-state index is -4.50. The predicted molar refractivity (Wildman–Crippen MR) is 105 cm³/mol. The summed E-state index contributed by atoms with van der Waals surface area (Å²) in [5.41, 5.74) is -0.892. The highest BCUT2D eigenvalue weighted by atomic mass is 127. The van der Waals surface area contributed by atoms with E-state index in [0.717, 1.165) is 16.0 Å². The summed E-state index contributed by atoms with van der Waals surface area (Å²) in [6.45, 7) is 2.76. The van der Waals surface area contributed by atoms with E-state index >= 15 is 0 Å². The topological polar surface area (TPSA) is 71.4 Å². The molecule has 2 heterocycles. The second-order valence-corrected chi connectivity index (χ2v) is 6.24. The third kappa shape index (κ3) is 6.94. The van der Waals surface area contributed by atoms with Crippen molar-refractivity contribution in [2.75, 3.05) is 20.2 Å². The summed E-state index contributed by atoms with van der Waals surface area (Å²) in [5, 5.41) is 6.94. The summed E-state index contributed by atoms with van der Waals surface area (Å²) in [6, 6.07) is 2.16. The summed E-state index contributed by atoms with van der Waals surface area (Å²) in [4.78, 5) is 13.0. The molecule has 0 aliphatic rings. The molecule has 2 aromatic rings. The second kappa shape index (κ2) is 10.5. The number of rotatable bonds is 6. The third-order valence-electron chi connectivity index (χ3n) is 3.01. The van der Waals surface area contributed by atoms with Crippen molar-refractivity contribution in [1.29, 1.82) is 0 Å². The fourth-order valence-corrected chi connectivity index (χ4v) is 2.63. The summed E-state index contributed by atoms with van der Waals surface area (Å²) in [7, 11) is 1.60. The van der Waals surface area contributed by atoms with Crippen molar-refractivity contribution >= 4 is 41.3 Å². The van der Waals surface area contributed by atoms with Crippen molar-refractivity contribution in [3.63, 3.8) is 0 Å². The van der Waals surface area contributed by atoms with E-state index < -0.39 is 17.6 Å². The Labute approximate surface area is 170 Å². The molecule has 0 unspecified atom stereocenters. The van der Waals surface area contributed by atoms with Crippen LogP contribution in [0.25, 0.3) is 0 Å². The van der Waals surface area contributed by atoms with Gasteiger partial charge in [0.25, 0.3) is 0 Å². The number of ether oxygens (including phenoxy) is 1. The van der Waals surface area contributed by atoms with Crippen LogP contribution in [0.15, 0.2) is 29.5 Å². The van der Waals surface area contributed by atoms with E-state index in [1.54, 1.807) is 24.6 Å². The average Bonchev–Trinajstić information content (AvgIpc) is 2.99. The Morgan fingerprint density at radius 3 is 2.69 bits per heavy atom. The Kier molecular flexibility index (Phi) is 9.05. The van der Waals surface area contributed by atoms with Crippen LogP contribution in [0.1, 0.15) is 15.4 Å². The van der Waals surface area contributed by atoms with E-state index in [1.807, 2.05) is 6.92 Å². The molecule has 6 nitrogen and oxygen atoms in total. The van der Waals surface area contributed by atoms with E-state index in [2.05, 4.69) is 25.6 Å². The number of aromatic nitrogens is 2. The quantitative estimate of drug-likeness (QED) is 0.276. The maximum Gasteiger partial charge on any atom is 0.421 e. The molecule has 0 fully saturated rings. The smallest absolute Gasteiger partial charge is 0.421 e. The highest BCUT2D eigenvalue weighted by molar-refractivity contribution is 14.0. The fraction of sp³-hybridized carbons (Fsp3) is 0.400. The van der Waals surface area contributed by atoms with Crippen molar-refractivity contribution in [3.8, 4) is 5.88 Å². The molecule has 0 atom stereocenters. The van der Waals surface area contributed by atoms with Gasteiger partial charge in [-0.15, -0.1) is 35.3 Å². The maximum absolute atomic E-state index is 12.8. The number of hydrogen-bond acceptors (Lipinski definition) is 5. The van der Waals surface area contributed by atoms with Crippen molar-refractivity contribution in [2.45, 2.75) is 19.6 Å². The van der Waals surface area contributed by atoms with Gasteiger partial charge in [-0.2, -0.15) is 13.2 Å². The Bertz CT molecular complexity index is 723. The van der Waals surface area contributed by atoms with Gasteiger partial charge in [-0.1, -0.05) is 0 Å². The monoisotopic (exact) mass is 501 g/mol. The molecule has 0 aromatic carbocycles. The zero-order valence-corrected chi connectivity index (χ0v) is 17.3. The zero-order valence-electron chi connectivity index (χ0n) is 14.1. The van der Waals surface area contributed by atoms with Crippen LogP contribution in [0.2, 0.25) is 0 Å². The van der Waals surface area contributed by atoms with Crippen LogP contribution in [-0.4, -0.2) is 36.1 Å². The Balaban J connectivity index is 0.00000338. The first kappa shape index (κ1) is 22.4. The molecule has 26 heavy (non-hydrogen) atoms. The van der Waals surface area contributed by atoms with E-state index in [1.165, 1.54) is 12.3 Å². The SMILES string of the molecule is CN=C(NCCOc1ncccc1C(F)(F)F)NCc1ncc(C)s1.I. The molecule has 2 N–H and O–H groups in total. The molecule has 0 amide bonds. The average molecular weight is 501 g/mol.